The summed E-state index contributed by atoms with van der Waals surface area (Å²) >= 11 is 5.99. The Morgan fingerprint density at radius 3 is 2.67 bits per heavy atom. The van der Waals surface area contributed by atoms with E-state index < -0.39 is 0 Å². The summed E-state index contributed by atoms with van der Waals surface area (Å²) in [6.45, 7) is 4.19. The van der Waals surface area contributed by atoms with Crippen molar-refractivity contribution in [2.45, 2.75) is 26.5 Å². The van der Waals surface area contributed by atoms with E-state index in [1.807, 2.05) is 26.1 Å². The number of aryl methyl sites for hydroxylation is 1. The molecule has 4 heteroatoms. The van der Waals surface area contributed by atoms with E-state index in [4.69, 9.17) is 16.3 Å². The zero-order valence-electron chi connectivity index (χ0n) is 12.4. The van der Waals surface area contributed by atoms with Gasteiger partial charge in [0.25, 0.3) is 0 Å². The lowest BCUT2D eigenvalue weighted by molar-refractivity contribution is 0.298. The molecule has 0 aliphatic carbocycles. The van der Waals surface area contributed by atoms with Crippen LogP contribution in [0.2, 0.25) is 5.02 Å². The van der Waals surface area contributed by atoms with Gasteiger partial charge in [0.2, 0.25) is 0 Å². The van der Waals surface area contributed by atoms with E-state index >= 15 is 0 Å². The van der Waals surface area contributed by atoms with Gasteiger partial charge >= 0.3 is 0 Å². The second-order valence-electron chi connectivity index (χ2n) is 5.02. The highest BCUT2D eigenvalue weighted by atomic mass is 35.5. The van der Waals surface area contributed by atoms with Gasteiger partial charge in [-0.1, -0.05) is 29.8 Å². The van der Waals surface area contributed by atoms with Crippen LogP contribution < -0.4 is 10.1 Å². The van der Waals surface area contributed by atoms with Crippen molar-refractivity contribution in [3.8, 4) is 5.75 Å². The van der Waals surface area contributed by atoms with Gasteiger partial charge in [-0.3, -0.25) is 0 Å². The van der Waals surface area contributed by atoms with Crippen molar-refractivity contribution >= 4 is 11.6 Å². The van der Waals surface area contributed by atoms with E-state index in [9.17, 15) is 4.39 Å². The smallest absolute Gasteiger partial charge is 0.131 e. The Labute approximate surface area is 129 Å². The van der Waals surface area contributed by atoms with Crippen LogP contribution in [-0.2, 0) is 6.61 Å². The van der Waals surface area contributed by atoms with Gasteiger partial charge in [-0.2, -0.15) is 0 Å². The van der Waals surface area contributed by atoms with Crippen LogP contribution in [0.4, 0.5) is 4.39 Å². The fourth-order valence-electron chi connectivity index (χ4n) is 2.09. The highest BCUT2D eigenvalue weighted by molar-refractivity contribution is 6.31. The molecule has 0 heterocycles. The highest BCUT2D eigenvalue weighted by Gasteiger charge is 2.10. The Bertz CT molecular complexity index is 610. The lowest BCUT2D eigenvalue weighted by atomic mass is 10.1. The molecule has 2 aromatic carbocycles. The standard InChI is InChI=1S/C17H19ClFNO/c1-11-9-13(12(2)20-3)7-8-17(11)21-10-14-15(18)5-4-6-16(14)19/h4-9,12,20H,10H2,1-3H3. The molecular weight excluding hydrogens is 289 g/mol. The zero-order chi connectivity index (χ0) is 15.4. The number of ether oxygens (including phenoxy) is 1. The maximum Gasteiger partial charge on any atom is 0.131 e. The number of hydrogen-bond donors (Lipinski definition) is 1. The molecule has 1 atom stereocenters. The van der Waals surface area contributed by atoms with E-state index in [-0.39, 0.29) is 18.5 Å². The van der Waals surface area contributed by atoms with E-state index in [0.29, 0.717) is 10.6 Å². The van der Waals surface area contributed by atoms with E-state index in [1.165, 1.54) is 11.6 Å². The van der Waals surface area contributed by atoms with Gasteiger partial charge in [0.05, 0.1) is 5.02 Å². The van der Waals surface area contributed by atoms with Crippen LogP contribution in [0.3, 0.4) is 0 Å². The van der Waals surface area contributed by atoms with Crippen LogP contribution in [-0.4, -0.2) is 7.05 Å². The van der Waals surface area contributed by atoms with Gasteiger partial charge in [-0.05, 0) is 50.2 Å². The molecule has 0 aliphatic heterocycles. The van der Waals surface area contributed by atoms with E-state index in [1.54, 1.807) is 12.1 Å². The molecule has 0 spiro atoms. The number of benzene rings is 2. The van der Waals surface area contributed by atoms with Crippen molar-refractivity contribution in [3.05, 3.63) is 63.9 Å². The molecule has 0 aliphatic rings. The topological polar surface area (TPSA) is 21.3 Å². The van der Waals surface area contributed by atoms with Gasteiger partial charge < -0.3 is 10.1 Å². The van der Waals surface area contributed by atoms with Gasteiger partial charge in [-0.25, -0.2) is 4.39 Å². The third-order valence-corrected chi connectivity index (χ3v) is 3.92. The third kappa shape index (κ3) is 3.74. The van der Waals surface area contributed by atoms with Gasteiger partial charge in [0.1, 0.15) is 18.2 Å². The number of nitrogens with one attached hydrogen (secondary N) is 1. The largest absolute Gasteiger partial charge is 0.488 e. The molecule has 1 N–H and O–H groups in total. The summed E-state index contributed by atoms with van der Waals surface area (Å²) in [5.74, 6) is 0.391. The predicted molar refractivity (Wildman–Crippen MR) is 84.4 cm³/mol. The molecule has 0 bridgehead atoms. The van der Waals surface area contributed by atoms with Gasteiger partial charge in [-0.15, -0.1) is 0 Å². The molecule has 2 aromatic rings. The lowest BCUT2D eigenvalue weighted by Gasteiger charge is -2.15. The molecule has 0 radical (unpaired) electrons. The highest BCUT2D eigenvalue weighted by Crippen LogP contribution is 2.25. The van der Waals surface area contributed by atoms with Crippen molar-refractivity contribution in [3.63, 3.8) is 0 Å². The monoisotopic (exact) mass is 307 g/mol. The van der Waals surface area contributed by atoms with Gasteiger partial charge in [0, 0.05) is 11.6 Å². The Hall–Kier alpha value is -1.58. The summed E-state index contributed by atoms with van der Waals surface area (Å²) in [5.41, 5.74) is 2.58. The Balaban J connectivity index is 2.14. The van der Waals surface area contributed by atoms with Crippen molar-refractivity contribution in [2.24, 2.45) is 0 Å². The molecule has 1 unspecified atom stereocenters. The molecular formula is C17H19ClFNO. The van der Waals surface area contributed by atoms with Crippen LogP contribution in [0.25, 0.3) is 0 Å². The number of rotatable bonds is 5. The summed E-state index contributed by atoms with van der Waals surface area (Å²) in [5, 5.41) is 3.58. The molecule has 112 valence electrons. The fraction of sp³-hybridized carbons (Fsp3) is 0.294. The first-order chi connectivity index (χ1) is 10.0. The van der Waals surface area contributed by atoms with Crippen LogP contribution in [0.5, 0.6) is 5.75 Å². The molecule has 0 fully saturated rings. The van der Waals surface area contributed by atoms with Crippen molar-refractivity contribution < 1.29 is 9.13 Å². The molecule has 0 saturated carbocycles. The second-order valence-corrected chi connectivity index (χ2v) is 5.43. The average molecular weight is 308 g/mol. The van der Waals surface area contributed by atoms with Crippen LogP contribution in [0.1, 0.15) is 29.7 Å². The first-order valence-electron chi connectivity index (χ1n) is 6.86. The molecule has 0 saturated heterocycles. The van der Waals surface area contributed by atoms with E-state index in [0.717, 1.165) is 11.3 Å². The van der Waals surface area contributed by atoms with Crippen LogP contribution >= 0.6 is 11.6 Å². The molecule has 0 aromatic heterocycles. The summed E-state index contributed by atoms with van der Waals surface area (Å²) in [7, 11) is 1.92. The summed E-state index contributed by atoms with van der Waals surface area (Å²) in [6.07, 6.45) is 0. The van der Waals surface area contributed by atoms with E-state index in [2.05, 4.69) is 18.3 Å². The van der Waals surface area contributed by atoms with Crippen LogP contribution in [0, 0.1) is 12.7 Å². The Morgan fingerprint density at radius 2 is 2.05 bits per heavy atom. The Morgan fingerprint density at radius 1 is 1.29 bits per heavy atom. The first kappa shape index (κ1) is 15.8. The third-order valence-electron chi connectivity index (χ3n) is 3.57. The van der Waals surface area contributed by atoms with Crippen molar-refractivity contribution in [1.82, 2.24) is 5.32 Å². The maximum absolute atomic E-state index is 13.7. The van der Waals surface area contributed by atoms with Crippen LogP contribution in [0.15, 0.2) is 36.4 Å². The molecule has 0 amide bonds. The van der Waals surface area contributed by atoms with Gasteiger partial charge in [0.15, 0.2) is 0 Å². The predicted octanol–water partition coefficient (Wildman–Crippen LogP) is 4.65. The lowest BCUT2D eigenvalue weighted by Crippen LogP contribution is -2.12. The fourth-order valence-corrected chi connectivity index (χ4v) is 2.31. The summed E-state index contributed by atoms with van der Waals surface area (Å²) < 4.78 is 19.4. The molecule has 21 heavy (non-hydrogen) atoms. The maximum atomic E-state index is 13.7. The number of hydrogen-bond acceptors (Lipinski definition) is 2. The SMILES string of the molecule is CNC(C)c1ccc(OCc2c(F)cccc2Cl)c(C)c1. The normalized spacial score (nSPS) is 12.2. The first-order valence-corrected chi connectivity index (χ1v) is 7.24. The second kappa shape index (κ2) is 6.92. The van der Waals surface area contributed by atoms with Crippen molar-refractivity contribution in [1.29, 1.82) is 0 Å². The van der Waals surface area contributed by atoms with Crippen molar-refractivity contribution in [2.75, 3.05) is 7.05 Å². The minimum Gasteiger partial charge on any atom is -0.488 e. The minimum atomic E-state index is -0.347. The Kier molecular flexibility index (Phi) is 5.21. The quantitative estimate of drug-likeness (QED) is 0.868. The zero-order valence-corrected chi connectivity index (χ0v) is 13.2. The number of halogens is 2. The summed E-state index contributed by atoms with van der Waals surface area (Å²) in [6, 6.07) is 10.9. The molecule has 2 nitrogen and oxygen atoms in total. The molecule has 2 rings (SSSR count). The minimum absolute atomic E-state index is 0.118. The average Bonchev–Trinajstić information content (AvgIpc) is 2.47. The summed E-state index contributed by atoms with van der Waals surface area (Å²) in [4.78, 5) is 0.